The summed E-state index contributed by atoms with van der Waals surface area (Å²) in [6.07, 6.45) is 2.38. The molecule has 2 aromatic heterocycles. The molecule has 0 radical (unpaired) electrons. The van der Waals surface area contributed by atoms with Crippen molar-refractivity contribution in [3.8, 4) is 16.9 Å². The molecule has 2 aromatic carbocycles. The fourth-order valence-corrected chi connectivity index (χ4v) is 6.02. The predicted octanol–water partition coefficient (Wildman–Crippen LogP) is 4.97. The average molecular weight is 560 g/mol. The number of pyridine rings is 1. The van der Waals surface area contributed by atoms with Crippen LogP contribution in [0.15, 0.2) is 47.4 Å². The Morgan fingerprint density at radius 1 is 1.23 bits per heavy atom. The number of thioether (sulfide) groups is 1. The van der Waals surface area contributed by atoms with Crippen molar-refractivity contribution in [2.75, 3.05) is 19.4 Å². The molecule has 4 N–H and O–H groups in total. The lowest BCUT2D eigenvalue weighted by Crippen LogP contribution is -2.30. The molecule has 39 heavy (non-hydrogen) atoms. The van der Waals surface area contributed by atoms with Crippen molar-refractivity contribution >= 4 is 63.1 Å². The number of benzene rings is 2. The summed E-state index contributed by atoms with van der Waals surface area (Å²) in [5.74, 6) is -0.0138. The summed E-state index contributed by atoms with van der Waals surface area (Å²) in [6.45, 7) is 4.29. The maximum atomic E-state index is 13.2. The number of aryl methyl sites for hydroxylation is 2. The van der Waals surface area contributed by atoms with Crippen molar-refractivity contribution in [1.82, 2.24) is 20.1 Å². The number of thiocarbonyl (C=S) groups is 1. The van der Waals surface area contributed by atoms with Crippen LogP contribution >= 0.6 is 24.0 Å². The van der Waals surface area contributed by atoms with Crippen molar-refractivity contribution in [3.05, 3.63) is 75.3 Å². The van der Waals surface area contributed by atoms with Gasteiger partial charge in [-0.2, -0.15) is 5.10 Å². The van der Waals surface area contributed by atoms with Gasteiger partial charge < -0.3 is 15.6 Å². The Morgan fingerprint density at radius 2 is 1.97 bits per heavy atom. The monoisotopic (exact) mass is 559 g/mol. The molecule has 1 aliphatic heterocycles. The number of anilines is 1. The third-order valence-corrected chi connectivity index (χ3v) is 8.03. The van der Waals surface area contributed by atoms with Gasteiger partial charge in [-0.05, 0) is 67.3 Å². The molecule has 3 heterocycles. The van der Waals surface area contributed by atoms with E-state index >= 15 is 0 Å². The quantitative estimate of drug-likeness (QED) is 0.212. The first-order valence-electron chi connectivity index (χ1n) is 12.0. The van der Waals surface area contributed by atoms with Crippen LogP contribution in [-0.2, 0) is 11.2 Å². The second-order valence-corrected chi connectivity index (χ2v) is 10.8. The van der Waals surface area contributed by atoms with Gasteiger partial charge in [0.1, 0.15) is 15.9 Å². The lowest BCUT2D eigenvalue weighted by atomic mass is 9.95. The third-order valence-electron chi connectivity index (χ3n) is 6.65. The summed E-state index contributed by atoms with van der Waals surface area (Å²) in [7, 11) is 1.61. The van der Waals surface area contributed by atoms with Gasteiger partial charge in [-0.3, -0.25) is 14.8 Å². The number of nitrogen functional groups attached to an aromatic ring is 1. The number of nitrogens with zero attached hydrogens (tertiary/aromatic N) is 3. The highest BCUT2D eigenvalue weighted by Crippen LogP contribution is 2.39. The molecule has 1 fully saturated rings. The molecule has 0 unspecified atom stereocenters. The van der Waals surface area contributed by atoms with Gasteiger partial charge in [0.05, 0.1) is 23.0 Å². The van der Waals surface area contributed by atoms with Crippen molar-refractivity contribution in [2.24, 2.45) is 0 Å². The molecule has 0 bridgehead atoms. The minimum Gasteiger partial charge on any atom is -0.496 e. The first-order chi connectivity index (χ1) is 18.7. The second-order valence-electron chi connectivity index (χ2n) is 9.08. The number of nitrogens with two attached hydrogens (primary N) is 1. The molecule has 5 rings (SSSR count). The van der Waals surface area contributed by atoms with Gasteiger partial charge in [-0.25, -0.2) is 9.78 Å². The van der Waals surface area contributed by atoms with E-state index in [1.807, 2.05) is 38.1 Å². The largest absolute Gasteiger partial charge is 0.496 e. The van der Waals surface area contributed by atoms with Gasteiger partial charge in [-0.15, -0.1) is 0 Å². The summed E-state index contributed by atoms with van der Waals surface area (Å²) < 4.78 is 6.16. The standard InChI is InChI=1S/C28H25N5O4S2/c1-14-22(15(2)30-25-23(14)24(29)31-32-25)19-12-17(6-9-20(19)37-3)13-21-26(34)33(28(38)39-21)11-10-16-4-7-18(8-5-16)27(35)36/h4-9,12-13H,10-11H2,1-3H3,(H,35,36)(H3,29,30,31,32). The van der Waals surface area contributed by atoms with Crippen LogP contribution in [0.2, 0.25) is 0 Å². The summed E-state index contributed by atoms with van der Waals surface area (Å²) in [5.41, 5.74) is 12.1. The molecule has 0 atom stereocenters. The van der Waals surface area contributed by atoms with E-state index in [4.69, 9.17) is 27.8 Å². The molecule has 11 heteroatoms. The lowest BCUT2D eigenvalue weighted by Gasteiger charge is -2.15. The molecular weight excluding hydrogens is 534 g/mol. The minimum absolute atomic E-state index is 0.161. The van der Waals surface area contributed by atoms with E-state index in [2.05, 4.69) is 15.2 Å². The van der Waals surface area contributed by atoms with Crippen LogP contribution in [0, 0.1) is 13.8 Å². The number of aromatic carboxylic acids is 1. The number of aromatic amines is 1. The van der Waals surface area contributed by atoms with Crippen LogP contribution in [0.5, 0.6) is 5.75 Å². The fraction of sp³-hybridized carbons (Fsp3) is 0.179. The topological polar surface area (TPSA) is 134 Å². The van der Waals surface area contributed by atoms with E-state index in [0.29, 0.717) is 39.4 Å². The Hall–Kier alpha value is -4.22. The number of carboxylic acids is 1. The summed E-state index contributed by atoms with van der Waals surface area (Å²) in [4.78, 5) is 31.0. The number of aromatic nitrogens is 3. The number of carbonyl (C=O) groups is 2. The number of hydrogen-bond donors (Lipinski definition) is 3. The minimum atomic E-state index is -0.974. The average Bonchev–Trinajstić information content (AvgIpc) is 3.41. The molecule has 1 aliphatic rings. The van der Waals surface area contributed by atoms with E-state index in [1.165, 1.54) is 11.8 Å². The predicted molar refractivity (Wildman–Crippen MR) is 157 cm³/mol. The second kappa shape index (κ2) is 10.5. The van der Waals surface area contributed by atoms with Crippen molar-refractivity contribution < 1.29 is 19.4 Å². The molecule has 1 saturated heterocycles. The number of carbonyl (C=O) groups excluding carboxylic acids is 1. The van der Waals surface area contributed by atoms with E-state index in [0.717, 1.165) is 38.9 Å². The molecule has 198 valence electrons. The zero-order chi connectivity index (χ0) is 27.8. The highest BCUT2D eigenvalue weighted by molar-refractivity contribution is 8.26. The number of nitrogens with one attached hydrogen (secondary N) is 1. The van der Waals surface area contributed by atoms with Gasteiger partial charge in [0.25, 0.3) is 5.91 Å². The first-order valence-corrected chi connectivity index (χ1v) is 13.3. The van der Waals surface area contributed by atoms with Gasteiger partial charge >= 0.3 is 5.97 Å². The molecule has 0 saturated carbocycles. The number of carboxylic acid groups (broad SMARTS) is 1. The Labute approximate surface area is 234 Å². The number of hydrogen-bond acceptors (Lipinski definition) is 8. The molecule has 1 amide bonds. The molecule has 0 aliphatic carbocycles. The molecule has 9 nitrogen and oxygen atoms in total. The molecule has 4 aromatic rings. The number of ether oxygens (including phenoxy) is 1. The van der Waals surface area contributed by atoms with E-state index in [9.17, 15) is 9.59 Å². The normalized spacial score (nSPS) is 14.5. The van der Waals surface area contributed by atoms with Crippen molar-refractivity contribution in [2.45, 2.75) is 20.3 Å². The summed E-state index contributed by atoms with van der Waals surface area (Å²) in [5, 5.41) is 16.8. The highest BCUT2D eigenvalue weighted by atomic mass is 32.2. The Kier molecular flexibility index (Phi) is 7.11. The SMILES string of the molecule is COc1ccc(C=C2SC(=S)N(CCc3ccc(C(=O)O)cc3)C2=O)cc1-c1c(C)nc2n[nH]c(N)c2c1C. The van der Waals surface area contributed by atoms with Crippen LogP contribution in [0.3, 0.4) is 0 Å². The zero-order valence-electron chi connectivity index (χ0n) is 21.4. The Morgan fingerprint density at radius 3 is 2.67 bits per heavy atom. The number of fused-ring (bicyclic) bond motifs is 1. The van der Waals surface area contributed by atoms with Crippen LogP contribution in [0.25, 0.3) is 28.2 Å². The van der Waals surface area contributed by atoms with Gasteiger partial charge in [0.2, 0.25) is 0 Å². The summed E-state index contributed by atoms with van der Waals surface area (Å²) in [6, 6.07) is 12.3. The number of rotatable bonds is 7. The Bertz CT molecular complexity index is 1680. The lowest BCUT2D eigenvalue weighted by molar-refractivity contribution is -0.122. The highest BCUT2D eigenvalue weighted by Gasteiger charge is 2.31. The van der Waals surface area contributed by atoms with Gasteiger partial charge in [-0.1, -0.05) is 42.2 Å². The summed E-state index contributed by atoms with van der Waals surface area (Å²) >= 11 is 6.77. The zero-order valence-corrected chi connectivity index (χ0v) is 23.1. The van der Waals surface area contributed by atoms with Crippen LogP contribution in [0.4, 0.5) is 5.82 Å². The first kappa shape index (κ1) is 26.4. The maximum Gasteiger partial charge on any atom is 0.335 e. The number of amides is 1. The van der Waals surface area contributed by atoms with Crippen LogP contribution in [0.1, 0.15) is 32.7 Å². The van der Waals surface area contributed by atoms with Crippen molar-refractivity contribution in [1.29, 1.82) is 0 Å². The van der Waals surface area contributed by atoms with E-state index in [-0.39, 0.29) is 11.5 Å². The Balaban J connectivity index is 1.42. The smallest absolute Gasteiger partial charge is 0.335 e. The fourth-order valence-electron chi connectivity index (χ4n) is 4.71. The van der Waals surface area contributed by atoms with E-state index < -0.39 is 5.97 Å². The van der Waals surface area contributed by atoms with Crippen LogP contribution < -0.4 is 10.5 Å². The maximum absolute atomic E-state index is 13.2. The van der Waals surface area contributed by atoms with Gasteiger partial charge in [0, 0.05) is 23.4 Å². The number of H-pyrrole nitrogens is 1. The van der Waals surface area contributed by atoms with Crippen molar-refractivity contribution in [3.63, 3.8) is 0 Å². The van der Waals surface area contributed by atoms with E-state index in [1.54, 1.807) is 36.3 Å². The third kappa shape index (κ3) is 4.98. The van der Waals surface area contributed by atoms with Gasteiger partial charge in [0.15, 0.2) is 5.65 Å². The number of methoxy groups -OCH3 is 1. The molecular formula is C28H25N5O4S2. The molecule has 0 spiro atoms. The van der Waals surface area contributed by atoms with Crippen LogP contribution in [-0.4, -0.2) is 55.0 Å².